The Morgan fingerprint density at radius 2 is 2.10 bits per heavy atom. The first kappa shape index (κ1) is 17.0. The van der Waals surface area contributed by atoms with E-state index in [1.54, 1.807) is 6.92 Å². The summed E-state index contributed by atoms with van der Waals surface area (Å²) in [5.74, 6) is -0.248. The Kier molecular flexibility index (Phi) is 5.26. The summed E-state index contributed by atoms with van der Waals surface area (Å²) < 4.78 is 27.1. The fourth-order valence-electron chi connectivity index (χ4n) is 1.45. The standard InChI is InChI=1S/C11H15Cl2N3O3S/c1-3-11(2,10(14)15-17)16-20(18,19)9-6-7(12)4-5-8(9)13/h4-6,16-17H,3H2,1-2H3,(H2,14,15). The molecule has 6 nitrogen and oxygen atoms in total. The summed E-state index contributed by atoms with van der Waals surface area (Å²) in [5.41, 5.74) is 4.29. The highest BCUT2D eigenvalue weighted by Gasteiger charge is 2.34. The van der Waals surface area contributed by atoms with Crippen LogP contribution in [0.1, 0.15) is 20.3 Å². The molecule has 0 radical (unpaired) electrons. The lowest BCUT2D eigenvalue weighted by atomic mass is 10.00. The second-order valence-electron chi connectivity index (χ2n) is 4.35. The summed E-state index contributed by atoms with van der Waals surface area (Å²) in [7, 11) is -3.98. The second kappa shape index (κ2) is 6.17. The third-order valence-electron chi connectivity index (χ3n) is 2.92. The average molecular weight is 340 g/mol. The van der Waals surface area contributed by atoms with Gasteiger partial charge in [-0.3, -0.25) is 0 Å². The molecule has 0 amide bonds. The molecule has 0 aromatic heterocycles. The summed E-state index contributed by atoms with van der Waals surface area (Å²) in [4.78, 5) is -0.169. The number of nitrogens with one attached hydrogen (secondary N) is 1. The van der Waals surface area contributed by atoms with Crippen LogP contribution in [0.3, 0.4) is 0 Å². The van der Waals surface area contributed by atoms with Crippen LogP contribution in [0.4, 0.5) is 0 Å². The van der Waals surface area contributed by atoms with Gasteiger partial charge in [-0.05, 0) is 31.5 Å². The summed E-state index contributed by atoms with van der Waals surface area (Å²) in [5, 5.41) is 11.9. The van der Waals surface area contributed by atoms with Crippen LogP contribution in [0.2, 0.25) is 10.0 Å². The van der Waals surface area contributed by atoms with Crippen molar-refractivity contribution in [2.45, 2.75) is 30.7 Å². The minimum Gasteiger partial charge on any atom is -0.409 e. The smallest absolute Gasteiger partial charge is 0.243 e. The number of hydrogen-bond acceptors (Lipinski definition) is 4. The summed E-state index contributed by atoms with van der Waals surface area (Å²) >= 11 is 11.7. The quantitative estimate of drug-likeness (QED) is 0.331. The topological polar surface area (TPSA) is 105 Å². The van der Waals surface area contributed by atoms with E-state index >= 15 is 0 Å². The van der Waals surface area contributed by atoms with Crippen LogP contribution in [-0.2, 0) is 10.0 Å². The molecule has 0 bridgehead atoms. The molecule has 0 aliphatic carbocycles. The molecule has 9 heteroatoms. The Hall–Kier alpha value is -1.02. The zero-order valence-corrected chi connectivity index (χ0v) is 13.2. The molecule has 112 valence electrons. The van der Waals surface area contributed by atoms with Crippen LogP contribution < -0.4 is 10.5 Å². The molecular formula is C11H15Cl2N3O3S. The molecule has 0 aliphatic rings. The van der Waals surface area contributed by atoms with E-state index in [9.17, 15) is 8.42 Å². The van der Waals surface area contributed by atoms with E-state index < -0.39 is 15.6 Å². The summed E-state index contributed by atoms with van der Waals surface area (Å²) in [6.07, 6.45) is 0.278. The number of sulfonamides is 1. The van der Waals surface area contributed by atoms with Crippen molar-refractivity contribution in [3.05, 3.63) is 28.2 Å². The van der Waals surface area contributed by atoms with E-state index in [2.05, 4.69) is 9.88 Å². The normalized spacial score (nSPS) is 15.9. The second-order valence-corrected chi connectivity index (χ2v) is 6.85. The molecule has 20 heavy (non-hydrogen) atoms. The van der Waals surface area contributed by atoms with Crippen molar-refractivity contribution in [2.75, 3.05) is 0 Å². The van der Waals surface area contributed by atoms with Crippen LogP contribution in [0.15, 0.2) is 28.3 Å². The van der Waals surface area contributed by atoms with Crippen molar-refractivity contribution in [3.8, 4) is 0 Å². The number of benzene rings is 1. The number of rotatable bonds is 5. The highest BCUT2D eigenvalue weighted by Crippen LogP contribution is 2.26. The molecule has 0 saturated carbocycles. The maximum atomic E-state index is 12.4. The maximum Gasteiger partial charge on any atom is 0.243 e. The molecular weight excluding hydrogens is 325 g/mol. The number of oxime groups is 1. The number of halogens is 2. The molecule has 0 saturated heterocycles. The minimum absolute atomic E-state index is 0.0276. The van der Waals surface area contributed by atoms with Crippen molar-refractivity contribution >= 4 is 39.1 Å². The van der Waals surface area contributed by atoms with Crippen molar-refractivity contribution in [3.63, 3.8) is 0 Å². The van der Waals surface area contributed by atoms with Gasteiger partial charge < -0.3 is 10.9 Å². The number of nitrogens with two attached hydrogens (primary N) is 1. The van der Waals surface area contributed by atoms with Gasteiger partial charge in [0.2, 0.25) is 10.0 Å². The van der Waals surface area contributed by atoms with Gasteiger partial charge in [-0.1, -0.05) is 35.3 Å². The fourth-order valence-corrected chi connectivity index (χ4v) is 3.67. The largest absolute Gasteiger partial charge is 0.409 e. The summed E-state index contributed by atoms with van der Waals surface area (Å²) in [6.45, 7) is 3.19. The van der Waals surface area contributed by atoms with Gasteiger partial charge in [0.15, 0.2) is 5.84 Å². The highest BCUT2D eigenvalue weighted by atomic mass is 35.5. The predicted molar refractivity (Wildman–Crippen MR) is 78.9 cm³/mol. The van der Waals surface area contributed by atoms with Gasteiger partial charge in [-0.15, -0.1) is 0 Å². The Morgan fingerprint density at radius 1 is 1.50 bits per heavy atom. The molecule has 0 fully saturated rings. The first-order valence-corrected chi connectivity index (χ1v) is 7.87. The fraction of sp³-hybridized carbons (Fsp3) is 0.364. The van der Waals surface area contributed by atoms with E-state index in [4.69, 9.17) is 34.1 Å². The van der Waals surface area contributed by atoms with Gasteiger partial charge in [-0.2, -0.15) is 4.72 Å². The average Bonchev–Trinajstić information content (AvgIpc) is 2.39. The van der Waals surface area contributed by atoms with Gasteiger partial charge in [0.05, 0.1) is 10.6 Å². The molecule has 4 N–H and O–H groups in total. The maximum absolute atomic E-state index is 12.4. The molecule has 1 atom stereocenters. The van der Waals surface area contributed by atoms with Crippen LogP contribution in [0.5, 0.6) is 0 Å². The third-order valence-corrected chi connectivity index (χ3v) is 5.24. The Bertz CT molecular complexity index is 634. The molecule has 0 aliphatic heterocycles. The lowest BCUT2D eigenvalue weighted by molar-refractivity contribution is 0.310. The van der Waals surface area contributed by atoms with E-state index in [1.165, 1.54) is 25.1 Å². The van der Waals surface area contributed by atoms with Gasteiger partial charge in [0, 0.05) is 5.02 Å². The third kappa shape index (κ3) is 3.54. The lowest BCUT2D eigenvalue weighted by Gasteiger charge is -2.27. The predicted octanol–water partition coefficient (Wildman–Crippen LogP) is 2.19. The van der Waals surface area contributed by atoms with E-state index in [0.29, 0.717) is 0 Å². The van der Waals surface area contributed by atoms with Crippen LogP contribution in [0, 0.1) is 0 Å². The van der Waals surface area contributed by atoms with Crippen LogP contribution in [-0.4, -0.2) is 25.0 Å². The number of hydrogen-bond donors (Lipinski definition) is 3. The zero-order valence-electron chi connectivity index (χ0n) is 10.9. The van der Waals surface area contributed by atoms with E-state index in [1.807, 2.05) is 0 Å². The van der Waals surface area contributed by atoms with E-state index in [0.717, 1.165) is 0 Å². The van der Waals surface area contributed by atoms with Crippen molar-refractivity contribution in [1.29, 1.82) is 0 Å². The number of amidine groups is 1. The Labute approximate surface area is 127 Å². The molecule has 0 spiro atoms. The first-order chi connectivity index (χ1) is 9.16. The van der Waals surface area contributed by atoms with Gasteiger partial charge >= 0.3 is 0 Å². The minimum atomic E-state index is -3.98. The van der Waals surface area contributed by atoms with Gasteiger partial charge in [0.25, 0.3) is 0 Å². The Balaban J connectivity index is 3.28. The SMILES string of the molecule is CCC(C)(NS(=O)(=O)c1cc(Cl)ccc1Cl)/C(N)=N/O. The number of nitrogens with zero attached hydrogens (tertiary/aromatic N) is 1. The zero-order chi connectivity index (χ0) is 15.6. The van der Waals surface area contributed by atoms with Crippen molar-refractivity contribution in [1.82, 2.24) is 4.72 Å². The van der Waals surface area contributed by atoms with Gasteiger partial charge in [0.1, 0.15) is 4.90 Å². The Morgan fingerprint density at radius 3 is 2.60 bits per heavy atom. The lowest BCUT2D eigenvalue weighted by Crippen LogP contribution is -2.54. The molecule has 0 heterocycles. The summed E-state index contributed by atoms with van der Waals surface area (Å²) in [6, 6.07) is 4.09. The van der Waals surface area contributed by atoms with Crippen LogP contribution in [0.25, 0.3) is 0 Å². The van der Waals surface area contributed by atoms with E-state index in [-0.39, 0.29) is 27.2 Å². The molecule has 1 unspecified atom stereocenters. The first-order valence-electron chi connectivity index (χ1n) is 5.63. The van der Waals surface area contributed by atoms with Gasteiger partial charge in [-0.25, -0.2) is 8.42 Å². The monoisotopic (exact) mass is 339 g/mol. The molecule has 1 aromatic rings. The van der Waals surface area contributed by atoms with Crippen LogP contribution >= 0.6 is 23.2 Å². The van der Waals surface area contributed by atoms with Crippen molar-refractivity contribution < 1.29 is 13.6 Å². The molecule has 1 rings (SSSR count). The highest BCUT2D eigenvalue weighted by molar-refractivity contribution is 7.89. The molecule has 1 aromatic carbocycles. The van der Waals surface area contributed by atoms with Crippen molar-refractivity contribution in [2.24, 2.45) is 10.9 Å².